The maximum Gasteiger partial charge on any atom is 0.118 e. The van der Waals surface area contributed by atoms with Crippen LogP contribution in [0, 0.1) is 5.92 Å². The Balaban J connectivity index is 1.50. The average Bonchev–Trinajstić information content (AvgIpc) is 3.09. The summed E-state index contributed by atoms with van der Waals surface area (Å²) >= 11 is 6.10. The van der Waals surface area contributed by atoms with Crippen LogP contribution in [0.5, 0.6) is 17.2 Å². The second-order valence-corrected chi connectivity index (χ2v) is 14.5. The van der Waals surface area contributed by atoms with Crippen molar-refractivity contribution in [2.75, 3.05) is 52.2 Å². The molecule has 0 aliphatic rings. The van der Waals surface area contributed by atoms with Gasteiger partial charge in [-0.3, -0.25) is 0 Å². The quantitative estimate of drug-likeness (QED) is 0.0984. The lowest BCUT2D eigenvalue weighted by Gasteiger charge is -2.25. The van der Waals surface area contributed by atoms with Gasteiger partial charge in [0.1, 0.15) is 17.2 Å². The molecule has 3 rings (SSSR count). The molecule has 3 aromatic rings. The number of methoxy groups -OCH3 is 3. The minimum absolute atomic E-state index is 0.508. The molecule has 0 bridgehead atoms. The van der Waals surface area contributed by atoms with Crippen molar-refractivity contribution in [2.24, 2.45) is 5.92 Å². The first kappa shape index (κ1) is 37.5. The molecule has 2 N–H and O–H groups in total. The van der Waals surface area contributed by atoms with Crippen LogP contribution in [-0.4, -0.2) is 64.3 Å². The third kappa shape index (κ3) is 15.0. The molecule has 0 fully saturated rings. The normalized spacial score (nSPS) is 13.3. The summed E-state index contributed by atoms with van der Waals surface area (Å²) in [6, 6.07) is 26.5. The lowest BCUT2D eigenvalue weighted by molar-refractivity contribution is 0.406. The van der Waals surface area contributed by atoms with Gasteiger partial charge < -0.3 is 24.8 Å². The molecular formula is C37H54N2O3S3. The van der Waals surface area contributed by atoms with E-state index in [-0.39, 0.29) is 0 Å². The van der Waals surface area contributed by atoms with Crippen LogP contribution in [-0.2, 0) is 17.3 Å². The maximum atomic E-state index is 5.34. The van der Waals surface area contributed by atoms with E-state index in [0.717, 1.165) is 58.3 Å². The summed E-state index contributed by atoms with van der Waals surface area (Å²) in [5.74, 6) is 9.87. The third-order valence-electron chi connectivity index (χ3n) is 7.94. The van der Waals surface area contributed by atoms with E-state index in [1.165, 1.54) is 42.4 Å². The van der Waals surface area contributed by atoms with E-state index >= 15 is 0 Å². The molecular weight excluding hydrogens is 617 g/mol. The molecule has 0 radical (unpaired) electrons. The molecule has 3 atom stereocenters. The van der Waals surface area contributed by atoms with Gasteiger partial charge in [0, 0.05) is 40.8 Å². The molecule has 3 aromatic carbocycles. The highest BCUT2D eigenvalue weighted by molar-refractivity contribution is 7.99. The number of hydrogen-bond acceptors (Lipinski definition) is 8. The molecule has 0 saturated heterocycles. The monoisotopic (exact) mass is 670 g/mol. The standard InChI is InChI=1S/C37H54N2O3S3/c1-6-7-34(28-45-25-31-13-20-37(42-5)21-14-31)39-22-32(26-43-23-29-9-16-35(40-3)17-10-29)8-15-33(38-2)27-44-24-30-11-18-36(41-4)19-12-30/h9-14,16-21,32-34,38-39H,6-8,15,22-28H2,1-5H3/t32-,33-,34-/m1/s1. The van der Waals surface area contributed by atoms with Gasteiger partial charge in [-0.2, -0.15) is 35.3 Å². The molecule has 0 saturated carbocycles. The smallest absolute Gasteiger partial charge is 0.118 e. The Morgan fingerprint density at radius 1 is 0.556 bits per heavy atom. The zero-order valence-electron chi connectivity index (χ0n) is 27.9. The van der Waals surface area contributed by atoms with Crippen LogP contribution in [0.4, 0.5) is 0 Å². The SMILES string of the molecule is CCC[C@H](CSCc1ccc(OC)cc1)NC[C@@H](CC[C@H](CSCc1ccc(OC)cc1)NC)CSCc1ccc(OC)cc1. The lowest BCUT2D eigenvalue weighted by Crippen LogP contribution is -2.37. The van der Waals surface area contributed by atoms with Crippen molar-refractivity contribution in [1.82, 2.24) is 10.6 Å². The summed E-state index contributed by atoms with van der Waals surface area (Å²) in [6.45, 7) is 3.37. The Labute approximate surface area is 285 Å². The van der Waals surface area contributed by atoms with Gasteiger partial charge in [0.25, 0.3) is 0 Å². The first-order valence-electron chi connectivity index (χ1n) is 16.1. The molecule has 5 nitrogen and oxygen atoms in total. The Morgan fingerprint density at radius 2 is 0.978 bits per heavy atom. The Hall–Kier alpha value is -1.97. The molecule has 0 unspecified atom stereocenters. The van der Waals surface area contributed by atoms with Crippen LogP contribution in [0.3, 0.4) is 0 Å². The topological polar surface area (TPSA) is 51.8 Å². The van der Waals surface area contributed by atoms with E-state index in [4.69, 9.17) is 14.2 Å². The van der Waals surface area contributed by atoms with Crippen molar-refractivity contribution in [3.05, 3.63) is 89.5 Å². The van der Waals surface area contributed by atoms with Gasteiger partial charge in [-0.25, -0.2) is 0 Å². The number of benzene rings is 3. The molecule has 0 amide bonds. The van der Waals surface area contributed by atoms with Gasteiger partial charge in [0.05, 0.1) is 21.3 Å². The number of ether oxygens (including phenoxy) is 3. The summed E-state index contributed by atoms with van der Waals surface area (Å²) in [5.41, 5.74) is 4.06. The summed E-state index contributed by atoms with van der Waals surface area (Å²) in [4.78, 5) is 0. The van der Waals surface area contributed by atoms with Gasteiger partial charge in [0.15, 0.2) is 0 Å². The highest BCUT2D eigenvalue weighted by Gasteiger charge is 2.16. The fourth-order valence-electron chi connectivity index (χ4n) is 5.07. The van der Waals surface area contributed by atoms with Gasteiger partial charge in [0.2, 0.25) is 0 Å². The highest BCUT2D eigenvalue weighted by Crippen LogP contribution is 2.24. The lowest BCUT2D eigenvalue weighted by atomic mass is 10.0. The predicted octanol–water partition coefficient (Wildman–Crippen LogP) is 8.56. The van der Waals surface area contributed by atoms with Crippen LogP contribution in [0.2, 0.25) is 0 Å². The molecule has 248 valence electrons. The van der Waals surface area contributed by atoms with E-state index < -0.39 is 0 Å². The second-order valence-electron chi connectivity index (χ2n) is 11.4. The highest BCUT2D eigenvalue weighted by atomic mass is 32.2. The van der Waals surface area contributed by atoms with Crippen LogP contribution in [0.1, 0.15) is 49.3 Å². The summed E-state index contributed by atoms with van der Waals surface area (Å²) < 4.78 is 16.0. The average molecular weight is 671 g/mol. The number of nitrogens with one attached hydrogen (secondary N) is 2. The Morgan fingerprint density at radius 3 is 1.38 bits per heavy atom. The van der Waals surface area contributed by atoms with Crippen molar-refractivity contribution < 1.29 is 14.2 Å². The molecule has 0 aliphatic carbocycles. The molecule has 0 spiro atoms. The number of rotatable bonds is 24. The van der Waals surface area contributed by atoms with Gasteiger partial charge in [-0.15, -0.1) is 0 Å². The van der Waals surface area contributed by atoms with Crippen molar-refractivity contribution >= 4 is 35.3 Å². The minimum Gasteiger partial charge on any atom is -0.497 e. The molecule has 45 heavy (non-hydrogen) atoms. The van der Waals surface area contributed by atoms with Crippen LogP contribution >= 0.6 is 35.3 Å². The summed E-state index contributed by atoms with van der Waals surface area (Å²) in [7, 11) is 7.27. The third-order valence-corrected chi connectivity index (χ3v) is 11.5. The number of hydrogen-bond donors (Lipinski definition) is 2. The first-order valence-corrected chi connectivity index (χ1v) is 19.6. The largest absolute Gasteiger partial charge is 0.497 e. The molecule has 8 heteroatoms. The first-order chi connectivity index (χ1) is 22.1. The minimum atomic E-state index is 0.508. The molecule has 0 aromatic heterocycles. The Kier molecular flexibility index (Phi) is 18.8. The van der Waals surface area contributed by atoms with E-state index in [1.54, 1.807) is 21.3 Å². The molecule has 0 heterocycles. The molecule has 0 aliphatic heterocycles. The number of thioether (sulfide) groups is 3. The predicted molar refractivity (Wildman–Crippen MR) is 200 cm³/mol. The van der Waals surface area contributed by atoms with E-state index in [0.29, 0.717) is 18.0 Å². The van der Waals surface area contributed by atoms with Crippen molar-refractivity contribution in [1.29, 1.82) is 0 Å². The van der Waals surface area contributed by atoms with Crippen molar-refractivity contribution in [3.8, 4) is 17.2 Å². The van der Waals surface area contributed by atoms with Crippen molar-refractivity contribution in [3.63, 3.8) is 0 Å². The maximum absolute atomic E-state index is 5.34. The van der Waals surface area contributed by atoms with E-state index in [2.05, 4.69) is 109 Å². The van der Waals surface area contributed by atoms with Gasteiger partial charge in [-0.05, 0) is 97.6 Å². The van der Waals surface area contributed by atoms with E-state index in [9.17, 15) is 0 Å². The van der Waals surface area contributed by atoms with Crippen LogP contribution in [0.15, 0.2) is 72.8 Å². The van der Waals surface area contributed by atoms with Gasteiger partial charge >= 0.3 is 0 Å². The van der Waals surface area contributed by atoms with Gasteiger partial charge in [-0.1, -0.05) is 49.7 Å². The zero-order chi connectivity index (χ0) is 32.1. The fourth-order valence-corrected chi connectivity index (χ4v) is 8.51. The van der Waals surface area contributed by atoms with Crippen LogP contribution < -0.4 is 24.8 Å². The van der Waals surface area contributed by atoms with E-state index in [1.807, 2.05) is 23.5 Å². The van der Waals surface area contributed by atoms with Crippen LogP contribution in [0.25, 0.3) is 0 Å². The second kappa shape index (κ2) is 22.5. The Bertz CT molecular complexity index is 1160. The summed E-state index contributed by atoms with van der Waals surface area (Å²) in [6.07, 6.45) is 4.81. The zero-order valence-corrected chi connectivity index (χ0v) is 30.3. The van der Waals surface area contributed by atoms with Crippen molar-refractivity contribution in [2.45, 2.75) is 61.9 Å². The summed E-state index contributed by atoms with van der Waals surface area (Å²) in [5, 5.41) is 7.60. The fraction of sp³-hybridized carbons (Fsp3) is 0.514.